The number of rotatable bonds is 3. The molecular weight excluding hydrogens is 242 g/mol. The van der Waals surface area contributed by atoms with Crippen molar-refractivity contribution < 1.29 is 36.6 Å². The Kier molecular flexibility index (Phi) is 12.8. The van der Waals surface area contributed by atoms with E-state index < -0.39 is 29.1 Å². The first-order valence-electron chi connectivity index (χ1n) is 2.36. The molecule has 0 aliphatic heterocycles. The molecule has 0 aromatic rings. The predicted molar refractivity (Wildman–Crippen MR) is 45.9 cm³/mol. The van der Waals surface area contributed by atoms with Crippen molar-refractivity contribution in [1.82, 2.24) is 0 Å². The van der Waals surface area contributed by atoms with Crippen molar-refractivity contribution in [3.05, 3.63) is 0 Å². The van der Waals surface area contributed by atoms with E-state index >= 15 is 0 Å². The van der Waals surface area contributed by atoms with Crippen molar-refractivity contribution >= 4 is 81.6 Å². The third kappa shape index (κ3) is 15.1. The summed E-state index contributed by atoms with van der Waals surface area (Å²) >= 11 is 0. The molecule has 0 amide bonds. The molecule has 11 heteroatoms. The van der Waals surface area contributed by atoms with Gasteiger partial charge in [-0.3, -0.25) is 8.74 Å². The maximum absolute atomic E-state index is 10.1. The Morgan fingerprint density at radius 2 is 1.64 bits per heavy atom. The molecule has 0 fully saturated rings. The number of carboxylic acids is 1. The summed E-state index contributed by atoms with van der Waals surface area (Å²) in [7, 11) is -4.94. The van der Waals surface area contributed by atoms with E-state index in [0.29, 0.717) is 0 Å². The fourth-order valence-corrected chi connectivity index (χ4v) is 0.451. The van der Waals surface area contributed by atoms with E-state index in [9.17, 15) is 18.0 Å². The first-order valence-corrected chi connectivity index (χ1v) is 3.73. The van der Waals surface area contributed by atoms with Crippen LogP contribution in [-0.4, -0.2) is 95.9 Å². The third-order valence-corrected chi connectivity index (χ3v) is 0.834. The number of carboxylic acid groups (broad SMARTS) is 1. The molecule has 8 nitrogen and oxygen atoms in total. The molecule has 0 saturated carbocycles. The molecule has 0 rings (SSSR count). The minimum atomic E-state index is -4.94. The fraction of sp³-hybridized carbons (Fsp3) is 0.333. The monoisotopic (exact) mass is 248 g/mol. The standard InChI is InChI=1S/C3H4O8S.2Na.2H/c4-2(5)1-10-3(6)11-12(7,8)9;;;;/h1H2,(H,4,5)(H,7,8,9);;;;. The topological polar surface area (TPSA) is 127 Å². The molecule has 0 aliphatic carbocycles. The Hall–Kier alpha value is 0.650. The maximum atomic E-state index is 10.1. The molecule has 0 atom stereocenters. The molecule has 74 valence electrons. The molecule has 0 unspecified atom stereocenters. The van der Waals surface area contributed by atoms with Crippen LogP contribution in [0.1, 0.15) is 0 Å². The average molecular weight is 248 g/mol. The van der Waals surface area contributed by atoms with Crippen molar-refractivity contribution in [3.63, 3.8) is 0 Å². The molecular formula is C3H6Na2O8S. The summed E-state index contributed by atoms with van der Waals surface area (Å²) in [5, 5.41) is 7.92. The second-order valence-corrected chi connectivity index (χ2v) is 2.47. The van der Waals surface area contributed by atoms with Gasteiger partial charge in [-0.1, -0.05) is 0 Å². The molecule has 0 heterocycles. The van der Waals surface area contributed by atoms with Crippen LogP contribution in [0.5, 0.6) is 0 Å². The summed E-state index contributed by atoms with van der Waals surface area (Å²) < 4.78 is 34.3. The first-order chi connectivity index (χ1) is 5.31. The van der Waals surface area contributed by atoms with Gasteiger partial charge >= 0.3 is 81.6 Å². The van der Waals surface area contributed by atoms with E-state index in [1.54, 1.807) is 0 Å². The van der Waals surface area contributed by atoms with Crippen LogP contribution in [0.3, 0.4) is 0 Å². The Morgan fingerprint density at radius 3 is 1.93 bits per heavy atom. The van der Waals surface area contributed by atoms with Crippen molar-refractivity contribution in [1.29, 1.82) is 0 Å². The van der Waals surface area contributed by atoms with Crippen LogP contribution in [0.15, 0.2) is 0 Å². The van der Waals surface area contributed by atoms with Gasteiger partial charge in [0.15, 0.2) is 6.61 Å². The number of ether oxygens (including phenoxy) is 1. The molecule has 0 saturated heterocycles. The fourth-order valence-electron chi connectivity index (χ4n) is 0.231. The number of hydrogen-bond donors (Lipinski definition) is 2. The summed E-state index contributed by atoms with van der Waals surface area (Å²) in [6.45, 7) is -1.05. The van der Waals surface area contributed by atoms with Crippen LogP contribution in [0.25, 0.3) is 0 Å². The molecule has 0 aromatic heterocycles. The molecule has 14 heavy (non-hydrogen) atoms. The summed E-state index contributed by atoms with van der Waals surface area (Å²) in [6, 6.07) is 0. The van der Waals surface area contributed by atoms with Crippen LogP contribution in [0, 0.1) is 0 Å². The van der Waals surface area contributed by atoms with E-state index in [1.807, 2.05) is 0 Å². The van der Waals surface area contributed by atoms with Gasteiger partial charge in [0.05, 0.1) is 0 Å². The second-order valence-electron chi connectivity index (χ2n) is 1.44. The quantitative estimate of drug-likeness (QED) is 0.325. The van der Waals surface area contributed by atoms with Gasteiger partial charge < -0.3 is 9.84 Å². The molecule has 0 spiro atoms. The minimum absolute atomic E-state index is 0. The van der Waals surface area contributed by atoms with E-state index in [0.717, 1.165) is 0 Å². The van der Waals surface area contributed by atoms with Crippen molar-refractivity contribution in [2.75, 3.05) is 6.61 Å². The van der Waals surface area contributed by atoms with Crippen LogP contribution in [0.4, 0.5) is 4.79 Å². The number of carbonyl (C=O) groups excluding carboxylic acids is 1. The van der Waals surface area contributed by atoms with E-state index in [-0.39, 0.29) is 59.1 Å². The zero-order valence-corrected chi connectivity index (χ0v) is 6.28. The molecule has 0 bridgehead atoms. The van der Waals surface area contributed by atoms with Gasteiger partial charge in [0.25, 0.3) is 0 Å². The average Bonchev–Trinajstić information content (AvgIpc) is 1.79. The van der Waals surface area contributed by atoms with Gasteiger partial charge in [0.2, 0.25) is 0 Å². The third-order valence-electron chi connectivity index (χ3n) is 0.487. The molecule has 0 aromatic carbocycles. The second kappa shape index (κ2) is 8.92. The van der Waals surface area contributed by atoms with Crippen molar-refractivity contribution in [3.8, 4) is 0 Å². The van der Waals surface area contributed by atoms with E-state index in [4.69, 9.17) is 9.66 Å². The van der Waals surface area contributed by atoms with Crippen LogP contribution in [0.2, 0.25) is 0 Å². The van der Waals surface area contributed by atoms with Crippen LogP contribution < -0.4 is 0 Å². The van der Waals surface area contributed by atoms with E-state index in [2.05, 4.69) is 8.92 Å². The summed E-state index contributed by atoms with van der Waals surface area (Å²) in [4.78, 5) is 19.8. The van der Waals surface area contributed by atoms with Gasteiger partial charge in [0.1, 0.15) is 0 Å². The summed E-state index contributed by atoms with van der Waals surface area (Å²) in [5.74, 6) is -1.48. The van der Waals surface area contributed by atoms with Gasteiger partial charge in [-0.15, -0.1) is 0 Å². The zero-order valence-electron chi connectivity index (χ0n) is 5.46. The Labute approximate surface area is 123 Å². The number of carbonyl (C=O) groups is 2. The Balaban J connectivity index is -0.000000605. The first kappa shape index (κ1) is 20.1. The van der Waals surface area contributed by atoms with Gasteiger partial charge in [-0.2, -0.15) is 8.42 Å². The molecule has 0 radical (unpaired) electrons. The van der Waals surface area contributed by atoms with E-state index in [1.165, 1.54) is 0 Å². The summed E-state index contributed by atoms with van der Waals surface area (Å²) in [6.07, 6.45) is -1.81. The van der Waals surface area contributed by atoms with Crippen LogP contribution in [-0.2, 0) is 24.1 Å². The SMILES string of the molecule is O=C(O)COC(=O)OS(=O)(=O)O.[NaH].[NaH]. The number of hydrogen-bond acceptors (Lipinski definition) is 6. The molecule has 2 N–H and O–H groups in total. The molecule has 0 aliphatic rings. The van der Waals surface area contributed by atoms with Crippen molar-refractivity contribution in [2.24, 2.45) is 0 Å². The Morgan fingerprint density at radius 1 is 1.21 bits per heavy atom. The van der Waals surface area contributed by atoms with Gasteiger partial charge in [0, 0.05) is 0 Å². The predicted octanol–water partition coefficient (Wildman–Crippen LogP) is -2.27. The normalized spacial score (nSPS) is 8.93. The summed E-state index contributed by atoms with van der Waals surface area (Å²) in [5.41, 5.74) is 0. The van der Waals surface area contributed by atoms with Crippen molar-refractivity contribution in [2.45, 2.75) is 0 Å². The zero-order chi connectivity index (χ0) is 9.78. The number of aliphatic carboxylic acids is 1. The van der Waals surface area contributed by atoms with Gasteiger partial charge in [-0.05, 0) is 0 Å². The van der Waals surface area contributed by atoms with Gasteiger partial charge in [-0.25, -0.2) is 9.59 Å². The Bertz CT molecular complexity index is 283. The van der Waals surface area contributed by atoms with Crippen LogP contribution >= 0.6 is 0 Å².